The summed E-state index contributed by atoms with van der Waals surface area (Å²) >= 11 is 2.38. The number of nitrogens with one attached hydrogen (secondary N) is 1. The smallest absolute Gasteiger partial charge is 0.0130 e. The molecule has 1 atom stereocenters. The van der Waals surface area contributed by atoms with E-state index in [0.29, 0.717) is 6.04 Å². The van der Waals surface area contributed by atoms with E-state index in [2.05, 4.69) is 59.1 Å². The topological polar surface area (TPSA) is 12.0 Å². The zero-order chi connectivity index (χ0) is 14.2. The molecule has 112 valence electrons. The van der Waals surface area contributed by atoms with Gasteiger partial charge in [0.1, 0.15) is 0 Å². The van der Waals surface area contributed by atoms with Gasteiger partial charge in [0.2, 0.25) is 0 Å². The van der Waals surface area contributed by atoms with Crippen molar-refractivity contribution < 1.29 is 0 Å². The summed E-state index contributed by atoms with van der Waals surface area (Å²) in [7, 11) is 0. The first kappa shape index (κ1) is 16.3. The second kappa shape index (κ2) is 9.04. The first-order valence-corrected chi connectivity index (χ1v) is 9.33. The molecule has 1 nitrogen and oxygen atoms in total. The van der Waals surface area contributed by atoms with Crippen LogP contribution in [0.3, 0.4) is 0 Å². The Balaban J connectivity index is 1.81. The predicted octanol–water partition coefficient (Wildman–Crippen LogP) is 5.17. The molecule has 1 N–H and O–H groups in total. The second-order valence-corrected chi connectivity index (χ2v) is 7.41. The predicted molar refractivity (Wildman–Crippen MR) is 96.1 cm³/mol. The SMILES string of the molecule is CCNC(CCC1CCCCC1)Cc1ccc(I)cc1. The summed E-state index contributed by atoms with van der Waals surface area (Å²) in [5, 5.41) is 3.68. The van der Waals surface area contributed by atoms with Gasteiger partial charge in [-0.1, -0.05) is 51.2 Å². The molecule has 0 aliphatic heterocycles. The molecule has 0 saturated heterocycles. The van der Waals surface area contributed by atoms with E-state index in [-0.39, 0.29) is 0 Å². The van der Waals surface area contributed by atoms with Gasteiger partial charge in [0.25, 0.3) is 0 Å². The van der Waals surface area contributed by atoms with Crippen LogP contribution in [0.5, 0.6) is 0 Å². The molecule has 0 radical (unpaired) electrons. The number of hydrogen-bond donors (Lipinski definition) is 1. The Hall–Kier alpha value is -0.0900. The van der Waals surface area contributed by atoms with Crippen LogP contribution < -0.4 is 5.32 Å². The lowest BCUT2D eigenvalue weighted by molar-refractivity contribution is 0.313. The van der Waals surface area contributed by atoms with Crippen LogP contribution in [0.1, 0.15) is 57.4 Å². The molecule has 2 rings (SSSR count). The minimum Gasteiger partial charge on any atom is -0.314 e. The standard InChI is InChI=1S/C18H28IN/c1-2-20-18(13-10-15-6-4-3-5-7-15)14-16-8-11-17(19)12-9-16/h8-9,11-12,15,18,20H,2-7,10,13-14H2,1H3. The van der Waals surface area contributed by atoms with Crippen molar-refractivity contribution in [2.24, 2.45) is 5.92 Å². The number of halogens is 1. The van der Waals surface area contributed by atoms with Crippen molar-refractivity contribution >= 4 is 22.6 Å². The lowest BCUT2D eigenvalue weighted by Crippen LogP contribution is -2.31. The maximum Gasteiger partial charge on any atom is 0.0130 e. The molecule has 1 aliphatic carbocycles. The van der Waals surface area contributed by atoms with Crippen molar-refractivity contribution in [2.45, 2.75) is 64.3 Å². The fourth-order valence-corrected chi connectivity index (χ4v) is 3.74. The first-order valence-electron chi connectivity index (χ1n) is 8.25. The zero-order valence-electron chi connectivity index (χ0n) is 12.7. The van der Waals surface area contributed by atoms with Gasteiger partial charge in [-0.05, 0) is 72.0 Å². The van der Waals surface area contributed by atoms with Crippen LogP contribution in [-0.4, -0.2) is 12.6 Å². The van der Waals surface area contributed by atoms with Crippen molar-refractivity contribution in [3.8, 4) is 0 Å². The molecule has 0 aromatic heterocycles. The number of benzene rings is 1. The summed E-state index contributed by atoms with van der Waals surface area (Å²) in [6, 6.07) is 9.67. The minimum absolute atomic E-state index is 0.655. The Kier molecular flexibility index (Phi) is 7.36. The summed E-state index contributed by atoms with van der Waals surface area (Å²) in [5.41, 5.74) is 1.47. The van der Waals surface area contributed by atoms with E-state index in [4.69, 9.17) is 0 Å². The first-order chi connectivity index (χ1) is 9.78. The Morgan fingerprint density at radius 2 is 1.85 bits per heavy atom. The molecule has 0 spiro atoms. The molecule has 1 aromatic rings. The Morgan fingerprint density at radius 3 is 2.50 bits per heavy atom. The molecule has 1 saturated carbocycles. The summed E-state index contributed by atoms with van der Waals surface area (Å²) in [5.74, 6) is 1.00. The Morgan fingerprint density at radius 1 is 1.15 bits per heavy atom. The highest BCUT2D eigenvalue weighted by Crippen LogP contribution is 2.28. The van der Waals surface area contributed by atoms with Crippen LogP contribution in [0.4, 0.5) is 0 Å². The summed E-state index contributed by atoms with van der Waals surface area (Å²) in [6.45, 7) is 3.31. The second-order valence-electron chi connectivity index (χ2n) is 6.17. The van der Waals surface area contributed by atoms with Crippen molar-refractivity contribution in [3.63, 3.8) is 0 Å². The highest BCUT2D eigenvalue weighted by Gasteiger charge is 2.16. The Bertz CT molecular complexity index is 368. The van der Waals surface area contributed by atoms with Gasteiger partial charge in [0, 0.05) is 9.61 Å². The third-order valence-electron chi connectivity index (χ3n) is 4.54. The zero-order valence-corrected chi connectivity index (χ0v) is 14.9. The molecule has 0 bridgehead atoms. The van der Waals surface area contributed by atoms with Gasteiger partial charge in [0.15, 0.2) is 0 Å². The molecule has 20 heavy (non-hydrogen) atoms. The van der Waals surface area contributed by atoms with E-state index in [1.807, 2.05) is 0 Å². The Labute approximate surface area is 138 Å². The molecule has 1 unspecified atom stereocenters. The maximum absolute atomic E-state index is 3.68. The van der Waals surface area contributed by atoms with Crippen LogP contribution in [0, 0.1) is 9.49 Å². The molecule has 0 amide bonds. The normalized spacial score (nSPS) is 18.1. The van der Waals surface area contributed by atoms with Gasteiger partial charge in [0.05, 0.1) is 0 Å². The van der Waals surface area contributed by atoms with Crippen molar-refractivity contribution in [2.75, 3.05) is 6.54 Å². The molecule has 1 fully saturated rings. The molecule has 1 aliphatic rings. The van der Waals surface area contributed by atoms with Crippen molar-refractivity contribution in [1.82, 2.24) is 5.32 Å². The molecule has 0 heterocycles. The van der Waals surface area contributed by atoms with Gasteiger partial charge in [-0.15, -0.1) is 0 Å². The largest absolute Gasteiger partial charge is 0.314 e. The number of likely N-dealkylation sites (N-methyl/N-ethyl adjacent to an activating group) is 1. The van der Waals surface area contributed by atoms with E-state index in [1.165, 1.54) is 60.5 Å². The fourth-order valence-electron chi connectivity index (χ4n) is 3.38. The highest BCUT2D eigenvalue weighted by atomic mass is 127. The average molecular weight is 385 g/mol. The van der Waals surface area contributed by atoms with Crippen LogP contribution in [0.15, 0.2) is 24.3 Å². The number of hydrogen-bond acceptors (Lipinski definition) is 1. The molecule has 1 aromatic carbocycles. The summed E-state index contributed by atoms with van der Waals surface area (Å²) in [4.78, 5) is 0. The van der Waals surface area contributed by atoms with Gasteiger partial charge < -0.3 is 5.32 Å². The van der Waals surface area contributed by atoms with Crippen LogP contribution in [0.2, 0.25) is 0 Å². The third-order valence-corrected chi connectivity index (χ3v) is 5.26. The van der Waals surface area contributed by atoms with E-state index in [9.17, 15) is 0 Å². The third kappa shape index (κ3) is 5.72. The van der Waals surface area contributed by atoms with E-state index in [1.54, 1.807) is 0 Å². The highest BCUT2D eigenvalue weighted by molar-refractivity contribution is 14.1. The average Bonchev–Trinajstić information content (AvgIpc) is 2.48. The monoisotopic (exact) mass is 385 g/mol. The summed E-state index contributed by atoms with van der Waals surface area (Å²) in [6.07, 6.45) is 11.3. The lowest BCUT2D eigenvalue weighted by Gasteiger charge is -2.25. The maximum atomic E-state index is 3.68. The molecular weight excluding hydrogens is 357 g/mol. The van der Waals surface area contributed by atoms with Gasteiger partial charge >= 0.3 is 0 Å². The molecule has 2 heteroatoms. The van der Waals surface area contributed by atoms with Crippen LogP contribution >= 0.6 is 22.6 Å². The van der Waals surface area contributed by atoms with Gasteiger partial charge in [-0.2, -0.15) is 0 Å². The van der Waals surface area contributed by atoms with E-state index in [0.717, 1.165) is 12.5 Å². The van der Waals surface area contributed by atoms with Gasteiger partial charge in [-0.3, -0.25) is 0 Å². The fraction of sp³-hybridized carbons (Fsp3) is 0.667. The van der Waals surface area contributed by atoms with E-state index < -0.39 is 0 Å². The van der Waals surface area contributed by atoms with Gasteiger partial charge in [-0.25, -0.2) is 0 Å². The van der Waals surface area contributed by atoms with E-state index >= 15 is 0 Å². The lowest BCUT2D eigenvalue weighted by atomic mass is 9.84. The quantitative estimate of drug-likeness (QED) is 0.639. The van der Waals surface area contributed by atoms with Crippen molar-refractivity contribution in [1.29, 1.82) is 0 Å². The van der Waals surface area contributed by atoms with Crippen LogP contribution in [-0.2, 0) is 6.42 Å². The van der Waals surface area contributed by atoms with Crippen LogP contribution in [0.25, 0.3) is 0 Å². The minimum atomic E-state index is 0.655. The summed E-state index contributed by atoms with van der Waals surface area (Å²) < 4.78 is 1.33. The number of rotatable bonds is 7. The van der Waals surface area contributed by atoms with Crippen molar-refractivity contribution in [3.05, 3.63) is 33.4 Å². The molecular formula is C18H28IN.